The van der Waals surface area contributed by atoms with Gasteiger partial charge in [0.25, 0.3) is 5.91 Å². The van der Waals surface area contributed by atoms with Crippen LogP contribution in [0.3, 0.4) is 0 Å². The van der Waals surface area contributed by atoms with Crippen molar-refractivity contribution in [3.8, 4) is 6.07 Å². The molecule has 0 radical (unpaired) electrons. The fourth-order valence-electron chi connectivity index (χ4n) is 2.84. The van der Waals surface area contributed by atoms with Crippen molar-refractivity contribution < 1.29 is 4.79 Å². The third kappa shape index (κ3) is 5.46. The minimum atomic E-state index is -0.402. The molecule has 2 aromatic rings. The van der Waals surface area contributed by atoms with Gasteiger partial charge in [-0.05, 0) is 61.2 Å². The van der Waals surface area contributed by atoms with Crippen molar-refractivity contribution in [1.29, 1.82) is 5.26 Å². The molecule has 0 saturated heterocycles. The maximum Gasteiger partial charge on any atom is 0.266 e. The van der Waals surface area contributed by atoms with Gasteiger partial charge in [0.05, 0.1) is 0 Å². The van der Waals surface area contributed by atoms with Crippen molar-refractivity contribution >= 4 is 23.4 Å². The number of benzene rings is 2. The molecule has 0 heterocycles. The fraction of sp³-hybridized carbons (Fsp3) is 0.304. The van der Waals surface area contributed by atoms with Crippen LogP contribution >= 0.6 is 0 Å². The van der Waals surface area contributed by atoms with Gasteiger partial charge in [0, 0.05) is 24.5 Å². The van der Waals surface area contributed by atoms with E-state index in [1.807, 2.05) is 54.6 Å². The molecule has 0 unspecified atom stereocenters. The van der Waals surface area contributed by atoms with Crippen molar-refractivity contribution in [1.82, 2.24) is 0 Å². The van der Waals surface area contributed by atoms with Crippen molar-refractivity contribution in [3.05, 3.63) is 65.2 Å². The Morgan fingerprint density at radius 2 is 1.67 bits per heavy atom. The molecule has 1 N–H and O–H groups in total. The summed E-state index contributed by atoms with van der Waals surface area (Å²) in [6.07, 6.45) is 1.61. The molecule has 2 rings (SSSR count). The lowest BCUT2D eigenvalue weighted by Gasteiger charge is -2.21. The molecule has 4 nitrogen and oxygen atoms in total. The second kappa shape index (κ2) is 9.59. The number of anilines is 2. The van der Waals surface area contributed by atoms with Crippen LogP contribution in [0.25, 0.3) is 6.08 Å². The molecule has 4 heteroatoms. The van der Waals surface area contributed by atoms with E-state index in [0.29, 0.717) is 11.6 Å². The minimum Gasteiger partial charge on any atom is -0.372 e. The lowest BCUT2D eigenvalue weighted by molar-refractivity contribution is -0.112. The van der Waals surface area contributed by atoms with Gasteiger partial charge < -0.3 is 10.2 Å². The lowest BCUT2D eigenvalue weighted by atomic mass is 10.0. The van der Waals surface area contributed by atoms with Gasteiger partial charge in [0.2, 0.25) is 0 Å². The average Bonchev–Trinajstić information content (AvgIpc) is 2.68. The van der Waals surface area contributed by atoms with Gasteiger partial charge in [-0.3, -0.25) is 4.79 Å². The lowest BCUT2D eigenvalue weighted by Crippen LogP contribution is -2.21. The van der Waals surface area contributed by atoms with E-state index in [4.69, 9.17) is 0 Å². The molecule has 0 fully saturated rings. The number of hydrogen-bond acceptors (Lipinski definition) is 3. The van der Waals surface area contributed by atoms with Gasteiger partial charge in [-0.2, -0.15) is 5.26 Å². The number of carbonyl (C=O) groups excluding carboxylic acids is 1. The first kappa shape index (κ1) is 20.3. The summed E-state index contributed by atoms with van der Waals surface area (Å²) in [4.78, 5) is 14.7. The third-order valence-electron chi connectivity index (χ3n) is 4.53. The van der Waals surface area contributed by atoms with Crippen LogP contribution in [0.5, 0.6) is 0 Å². The van der Waals surface area contributed by atoms with E-state index in [0.717, 1.165) is 24.3 Å². The highest BCUT2D eigenvalue weighted by Gasteiger charge is 2.10. The van der Waals surface area contributed by atoms with E-state index in [2.05, 4.69) is 37.9 Å². The van der Waals surface area contributed by atoms with Gasteiger partial charge in [-0.25, -0.2) is 0 Å². The molecule has 27 heavy (non-hydrogen) atoms. The Bertz CT molecular complexity index is 823. The number of nitrogens with one attached hydrogen (secondary N) is 1. The van der Waals surface area contributed by atoms with Gasteiger partial charge in [-0.1, -0.05) is 38.1 Å². The largest absolute Gasteiger partial charge is 0.372 e. The van der Waals surface area contributed by atoms with Gasteiger partial charge in [0.15, 0.2) is 0 Å². The Hall–Kier alpha value is -3.06. The summed E-state index contributed by atoms with van der Waals surface area (Å²) in [5, 5.41) is 12.2. The Kier molecular flexibility index (Phi) is 7.19. The fourth-order valence-corrected chi connectivity index (χ4v) is 2.84. The van der Waals surface area contributed by atoms with E-state index in [-0.39, 0.29) is 5.57 Å². The maximum absolute atomic E-state index is 12.4. The SMILES string of the molecule is CCN(CC)c1ccc(NC(=O)C(C#N)=Cc2ccc(C(C)C)cc2)cc1. The first-order valence-corrected chi connectivity index (χ1v) is 9.36. The van der Waals surface area contributed by atoms with E-state index >= 15 is 0 Å². The number of hydrogen-bond donors (Lipinski definition) is 1. The topological polar surface area (TPSA) is 56.1 Å². The summed E-state index contributed by atoms with van der Waals surface area (Å²) in [6, 6.07) is 17.6. The molecule has 0 atom stereocenters. The Balaban J connectivity index is 2.11. The summed E-state index contributed by atoms with van der Waals surface area (Å²) in [5.41, 5.74) is 3.93. The molecule has 0 spiro atoms. The van der Waals surface area contributed by atoms with Crippen LogP contribution in [-0.2, 0) is 4.79 Å². The van der Waals surface area contributed by atoms with E-state index in [1.54, 1.807) is 6.08 Å². The average molecular weight is 361 g/mol. The molecular weight excluding hydrogens is 334 g/mol. The van der Waals surface area contributed by atoms with Crippen LogP contribution in [0.2, 0.25) is 0 Å². The van der Waals surface area contributed by atoms with Crippen LogP contribution in [0.1, 0.15) is 44.7 Å². The predicted molar refractivity (Wildman–Crippen MR) is 113 cm³/mol. The van der Waals surface area contributed by atoms with Crippen LogP contribution in [0.15, 0.2) is 54.1 Å². The van der Waals surface area contributed by atoms with Crippen molar-refractivity contribution in [2.75, 3.05) is 23.3 Å². The zero-order valence-electron chi connectivity index (χ0n) is 16.5. The van der Waals surface area contributed by atoms with Crippen molar-refractivity contribution in [2.24, 2.45) is 0 Å². The van der Waals surface area contributed by atoms with Gasteiger partial charge >= 0.3 is 0 Å². The quantitative estimate of drug-likeness (QED) is 0.544. The number of nitriles is 1. The van der Waals surface area contributed by atoms with Crippen LogP contribution in [0.4, 0.5) is 11.4 Å². The minimum absolute atomic E-state index is 0.0834. The molecule has 0 aliphatic rings. The van der Waals surface area contributed by atoms with Crippen LogP contribution in [0, 0.1) is 11.3 Å². The second-order valence-corrected chi connectivity index (χ2v) is 6.66. The highest BCUT2D eigenvalue weighted by atomic mass is 16.1. The molecular formula is C23H27N3O. The number of rotatable bonds is 7. The zero-order valence-corrected chi connectivity index (χ0v) is 16.5. The molecule has 0 aromatic heterocycles. The molecule has 0 aliphatic carbocycles. The summed E-state index contributed by atoms with van der Waals surface area (Å²) in [5.74, 6) is 0.0436. The first-order chi connectivity index (χ1) is 13.0. The molecule has 2 aromatic carbocycles. The van der Waals surface area contributed by atoms with Crippen molar-refractivity contribution in [3.63, 3.8) is 0 Å². The van der Waals surface area contributed by atoms with Gasteiger partial charge in [-0.15, -0.1) is 0 Å². The Morgan fingerprint density at radius 1 is 1.07 bits per heavy atom. The van der Waals surface area contributed by atoms with Crippen LogP contribution in [-0.4, -0.2) is 19.0 Å². The van der Waals surface area contributed by atoms with E-state index < -0.39 is 5.91 Å². The molecule has 140 valence electrons. The highest BCUT2D eigenvalue weighted by Crippen LogP contribution is 2.19. The first-order valence-electron chi connectivity index (χ1n) is 9.36. The smallest absolute Gasteiger partial charge is 0.266 e. The molecule has 1 amide bonds. The standard InChI is InChI=1S/C23H27N3O/c1-5-26(6-2)22-13-11-21(12-14-22)25-23(27)20(16-24)15-18-7-9-19(10-8-18)17(3)4/h7-15,17H,5-6H2,1-4H3,(H,25,27). The number of nitrogens with zero attached hydrogens (tertiary/aromatic N) is 2. The number of amides is 1. The molecule has 0 bridgehead atoms. The maximum atomic E-state index is 12.4. The number of carbonyl (C=O) groups is 1. The Morgan fingerprint density at radius 3 is 2.15 bits per heavy atom. The predicted octanol–water partition coefficient (Wildman–Crippen LogP) is 5.20. The van der Waals surface area contributed by atoms with E-state index in [9.17, 15) is 10.1 Å². The second-order valence-electron chi connectivity index (χ2n) is 6.66. The monoisotopic (exact) mass is 361 g/mol. The molecule has 0 saturated carbocycles. The van der Waals surface area contributed by atoms with Crippen LogP contribution < -0.4 is 10.2 Å². The third-order valence-corrected chi connectivity index (χ3v) is 4.53. The highest BCUT2D eigenvalue weighted by molar-refractivity contribution is 6.09. The summed E-state index contributed by atoms with van der Waals surface area (Å²) >= 11 is 0. The Labute approximate surface area is 162 Å². The molecule has 0 aliphatic heterocycles. The van der Waals surface area contributed by atoms with Gasteiger partial charge in [0.1, 0.15) is 11.6 Å². The summed E-state index contributed by atoms with van der Waals surface area (Å²) < 4.78 is 0. The summed E-state index contributed by atoms with van der Waals surface area (Å²) in [6.45, 7) is 10.3. The summed E-state index contributed by atoms with van der Waals surface area (Å²) in [7, 11) is 0. The normalized spacial score (nSPS) is 11.2. The van der Waals surface area contributed by atoms with Crippen molar-refractivity contribution in [2.45, 2.75) is 33.6 Å². The zero-order chi connectivity index (χ0) is 19.8. The van der Waals surface area contributed by atoms with E-state index in [1.165, 1.54) is 5.56 Å².